The molecule has 1 fully saturated rings. The molecule has 0 amide bonds. The molecule has 2 rings (SSSR count). The monoisotopic (exact) mass is 339 g/mol. The molecule has 3 nitrogen and oxygen atoms in total. The van der Waals surface area contributed by atoms with Crippen LogP contribution in [0, 0.1) is 11.8 Å². The fraction of sp³-hybridized carbons (Fsp3) is 0.562. The SMILES string of the molecule is CC(CC(=O)O)C1CCCN(Cc2ccc(Br)cc2)C1. The maximum atomic E-state index is 10.8. The summed E-state index contributed by atoms with van der Waals surface area (Å²) < 4.78 is 1.10. The Morgan fingerprint density at radius 3 is 2.80 bits per heavy atom. The first-order chi connectivity index (χ1) is 9.54. The van der Waals surface area contributed by atoms with Crippen molar-refractivity contribution >= 4 is 21.9 Å². The Hall–Kier alpha value is -0.870. The van der Waals surface area contributed by atoms with Crippen molar-refractivity contribution < 1.29 is 9.90 Å². The van der Waals surface area contributed by atoms with Gasteiger partial charge >= 0.3 is 5.97 Å². The van der Waals surface area contributed by atoms with E-state index in [0.29, 0.717) is 5.92 Å². The number of piperidine rings is 1. The molecule has 1 aliphatic heterocycles. The molecule has 1 aromatic carbocycles. The molecule has 0 spiro atoms. The van der Waals surface area contributed by atoms with Crippen molar-refractivity contribution in [3.05, 3.63) is 34.3 Å². The zero-order valence-corrected chi connectivity index (χ0v) is 13.5. The van der Waals surface area contributed by atoms with Crippen molar-refractivity contribution in [3.63, 3.8) is 0 Å². The molecule has 0 saturated carbocycles. The van der Waals surface area contributed by atoms with Crippen LogP contribution in [0.1, 0.15) is 31.7 Å². The third-order valence-corrected chi connectivity index (χ3v) is 4.69. The maximum absolute atomic E-state index is 10.8. The van der Waals surface area contributed by atoms with Crippen LogP contribution in [0.25, 0.3) is 0 Å². The number of halogens is 1. The molecule has 1 aromatic rings. The van der Waals surface area contributed by atoms with Crippen LogP contribution in [-0.2, 0) is 11.3 Å². The van der Waals surface area contributed by atoms with E-state index in [-0.39, 0.29) is 12.3 Å². The molecule has 0 aliphatic carbocycles. The summed E-state index contributed by atoms with van der Waals surface area (Å²) in [6.45, 7) is 5.17. The van der Waals surface area contributed by atoms with Crippen LogP contribution in [-0.4, -0.2) is 29.1 Å². The van der Waals surface area contributed by atoms with Gasteiger partial charge in [0.1, 0.15) is 0 Å². The molecule has 1 aliphatic rings. The van der Waals surface area contributed by atoms with Gasteiger partial charge in [0.15, 0.2) is 0 Å². The Balaban J connectivity index is 1.89. The quantitative estimate of drug-likeness (QED) is 0.887. The van der Waals surface area contributed by atoms with Gasteiger partial charge in [-0.1, -0.05) is 35.0 Å². The molecule has 4 heteroatoms. The van der Waals surface area contributed by atoms with Crippen molar-refractivity contribution in [1.82, 2.24) is 4.90 Å². The van der Waals surface area contributed by atoms with Crippen LogP contribution in [0.4, 0.5) is 0 Å². The summed E-state index contributed by atoms with van der Waals surface area (Å²) >= 11 is 3.45. The average Bonchev–Trinajstić information content (AvgIpc) is 2.41. The predicted molar refractivity (Wildman–Crippen MR) is 83.6 cm³/mol. The van der Waals surface area contributed by atoms with Gasteiger partial charge in [-0.2, -0.15) is 0 Å². The van der Waals surface area contributed by atoms with Gasteiger partial charge in [-0.25, -0.2) is 0 Å². The molecule has 1 N–H and O–H groups in total. The highest BCUT2D eigenvalue weighted by Gasteiger charge is 2.25. The lowest BCUT2D eigenvalue weighted by Gasteiger charge is -2.35. The third kappa shape index (κ3) is 4.60. The van der Waals surface area contributed by atoms with Crippen LogP contribution in [0.5, 0.6) is 0 Å². The molecule has 1 heterocycles. The second-order valence-corrected chi connectivity index (χ2v) is 6.75. The molecule has 20 heavy (non-hydrogen) atoms. The molecule has 0 aromatic heterocycles. The number of likely N-dealkylation sites (tertiary alicyclic amines) is 1. The van der Waals surface area contributed by atoms with Crippen molar-refractivity contribution in [1.29, 1.82) is 0 Å². The Morgan fingerprint density at radius 1 is 1.45 bits per heavy atom. The highest BCUT2D eigenvalue weighted by atomic mass is 79.9. The second-order valence-electron chi connectivity index (χ2n) is 5.84. The van der Waals surface area contributed by atoms with E-state index in [1.54, 1.807) is 0 Å². The Bertz CT molecular complexity index is 446. The fourth-order valence-corrected chi connectivity index (χ4v) is 3.25. The first-order valence-corrected chi connectivity index (χ1v) is 8.02. The van der Waals surface area contributed by atoms with E-state index in [1.165, 1.54) is 12.0 Å². The zero-order chi connectivity index (χ0) is 14.5. The molecular weight excluding hydrogens is 318 g/mol. The van der Waals surface area contributed by atoms with Crippen LogP contribution < -0.4 is 0 Å². The summed E-state index contributed by atoms with van der Waals surface area (Å²) in [4.78, 5) is 13.3. The number of hydrogen-bond acceptors (Lipinski definition) is 2. The standard InChI is InChI=1S/C16H22BrNO2/c1-12(9-16(19)20)14-3-2-8-18(11-14)10-13-4-6-15(17)7-5-13/h4-7,12,14H,2-3,8-11H2,1H3,(H,19,20). The number of carboxylic acids is 1. The van der Waals surface area contributed by atoms with Gasteiger partial charge in [-0.3, -0.25) is 9.69 Å². The normalized spacial score (nSPS) is 21.6. The third-order valence-electron chi connectivity index (χ3n) is 4.16. The van der Waals surface area contributed by atoms with E-state index in [1.807, 2.05) is 0 Å². The van der Waals surface area contributed by atoms with Gasteiger partial charge in [-0.15, -0.1) is 0 Å². The summed E-state index contributed by atoms with van der Waals surface area (Å²) in [7, 11) is 0. The van der Waals surface area contributed by atoms with Crippen molar-refractivity contribution in [3.8, 4) is 0 Å². The van der Waals surface area contributed by atoms with Crippen LogP contribution in [0.15, 0.2) is 28.7 Å². The number of carbonyl (C=O) groups is 1. The number of rotatable bonds is 5. The number of carboxylic acid groups (broad SMARTS) is 1. The molecular formula is C16H22BrNO2. The topological polar surface area (TPSA) is 40.5 Å². The Labute approximate surface area is 129 Å². The molecule has 2 unspecified atom stereocenters. The molecule has 0 radical (unpaired) electrons. The van der Waals surface area contributed by atoms with Crippen molar-refractivity contribution in [2.75, 3.05) is 13.1 Å². The van der Waals surface area contributed by atoms with Gasteiger partial charge in [0.2, 0.25) is 0 Å². The molecule has 1 saturated heterocycles. The van der Waals surface area contributed by atoms with E-state index < -0.39 is 5.97 Å². The zero-order valence-electron chi connectivity index (χ0n) is 11.9. The average molecular weight is 340 g/mol. The lowest BCUT2D eigenvalue weighted by molar-refractivity contribution is -0.138. The largest absolute Gasteiger partial charge is 0.481 e. The van der Waals surface area contributed by atoms with E-state index in [4.69, 9.17) is 5.11 Å². The van der Waals surface area contributed by atoms with E-state index in [0.717, 1.165) is 30.5 Å². The minimum Gasteiger partial charge on any atom is -0.481 e. The van der Waals surface area contributed by atoms with Crippen LogP contribution >= 0.6 is 15.9 Å². The fourth-order valence-electron chi connectivity index (χ4n) is 2.99. The van der Waals surface area contributed by atoms with Gasteiger partial charge in [0, 0.05) is 24.0 Å². The number of hydrogen-bond donors (Lipinski definition) is 1. The first-order valence-electron chi connectivity index (χ1n) is 7.23. The molecule has 110 valence electrons. The number of nitrogens with zero attached hydrogens (tertiary/aromatic N) is 1. The van der Waals surface area contributed by atoms with Gasteiger partial charge in [-0.05, 0) is 48.9 Å². The number of aliphatic carboxylic acids is 1. The van der Waals surface area contributed by atoms with E-state index in [9.17, 15) is 4.79 Å². The molecule has 2 atom stereocenters. The minimum absolute atomic E-state index is 0.264. The summed E-state index contributed by atoms with van der Waals surface area (Å²) in [5.41, 5.74) is 1.32. The minimum atomic E-state index is -0.678. The lowest BCUT2D eigenvalue weighted by Crippen LogP contribution is -2.37. The smallest absolute Gasteiger partial charge is 0.303 e. The summed E-state index contributed by atoms with van der Waals surface area (Å²) in [5, 5.41) is 8.92. The van der Waals surface area contributed by atoms with Crippen molar-refractivity contribution in [2.45, 2.75) is 32.7 Å². The number of benzene rings is 1. The predicted octanol–water partition coefficient (Wildman–Crippen LogP) is 3.77. The maximum Gasteiger partial charge on any atom is 0.303 e. The Morgan fingerprint density at radius 2 is 2.15 bits per heavy atom. The van der Waals surface area contributed by atoms with E-state index >= 15 is 0 Å². The van der Waals surface area contributed by atoms with Gasteiger partial charge in [0.25, 0.3) is 0 Å². The van der Waals surface area contributed by atoms with Crippen LogP contribution in [0.3, 0.4) is 0 Å². The lowest BCUT2D eigenvalue weighted by atomic mass is 9.84. The molecule has 0 bridgehead atoms. The van der Waals surface area contributed by atoms with Crippen molar-refractivity contribution in [2.24, 2.45) is 11.8 Å². The summed E-state index contributed by atoms with van der Waals surface area (Å²) in [5.74, 6) is 0.0954. The Kier molecular flexibility index (Phi) is 5.61. The highest BCUT2D eigenvalue weighted by Crippen LogP contribution is 2.27. The van der Waals surface area contributed by atoms with E-state index in [2.05, 4.69) is 52.0 Å². The summed E-state index contributed by atoms with van der Waals surface area (Å²) in [6.07, 6.45) is 2.62. The second kappa shape index (κ2) is 7.23. The highest BCUT2D eigenvalue weighted by molar-refractivity contribution is 9.10. The summed E-state index contributed by atoms with van der Waals surface area (Å²) in [6, 6.07) is 8.44. The first kappa shape index (κ1) is 15.5. The van der Waals surface area contributed by atoms with Gasteiger partial charge in [0.05, 0.1) is 0 Å². The van der Waals surface area contributed by atoms with Crippen LogP contribution in [0.2, 0.25) is 0 Å². The van der Waals surface area contributed by atoms with Gasteiger partial charge < -0.3 is 5.11 Å².